The molecule has 1 heterocycles. The standard InChI is InChI=1S/C25H31N3O4/c1-3-5-14-26-27-17-18-6-8-19(9-7-18)25(30)28-21-11-13-23-20(15-21)10-12-22(32-23)16-24(29)31-4-2/h6-9,11,13,15,17,22,26H,3-5,10,12,14,16H2,1-2H3,(H,28,30). The summed E-state index contributed by atoms with van der Waals surface area (Å²) in [6, 6.07) is 12.9. The zero-order chi connectivity index (χ0) is 22.8. The van der Waals surface area contributed by atoms with E-state index in [2.05, 4.69) is 22.8 Å². The summed E-state index contributed by atoms with van der Waals surface area (Å²) in [6.45, 7) is 5.15. The molecule has 0 saturated heterocycles. The van der Waals surface area contributed by atoms with E-state index in [-0.39, 0.29) is 24.4 Å². The number of carbonyl (C=O) groups excluding carboxylic acids is 2. The first-order valence-electron chi connectivity index (χ1n) is 11.2. The van der Waals surface area contributed by atoms with Gasteiger partial charge >= 0.3 is 5.97 Å². The monoisotopic (exact) mass is 437 g/mol. The predicted octanol–water partition coefficient (Wildman–Crippen LogP) is 4.31. The Morgan fingerprint density at radius 3 is 2.75 bits per heavy atom. The Balaban J connectivity index is 1.54. The molecule has 1 unspecified atom stereocenters. The van der Waals surface area contributed by atoms with Crippen molar-refractivity contribution in [1.82, 2.24) is 5.43 Å². The Morgan fingerprint density at radius 1 is 1.19 bits per heavy atom. The normalized spacial score (nSPS) is 15.0. The van der Waals surface area contributed by atoms with Crippen molar-refractivity contribution in [3.05, 3.63) is 59.2 Å². The Morgan fingerprint density at radius 2 is 2.00 bits per heavy atom. The molecular formula is C25H31N3O4. The SMILES string of the molecule is CCCCNN=Cc1ccc(C(=O)Nc2ccc3c(c2)CCC(CC(=O)OCC)O3)cc1. The third kappa shape index (κ3) is 6.83. The molecule has 0 aromatic heterocycles. The van der Waals surface area contributed by atoms with Crippen molar-refractivity contribution in [2.45, 2.75) is 52.1 Å². The Bertz CT molecular complexity index is 941. The van der Waals surface area contributed by atoms with Gasteiger partial charge in [0.1, 0.15) is 11.9 Å². The van der Waals surface area contributed by atoms with Crippen LogP contribution in [0.5, 0.6) is 5.75 Å². The van der Waals surface area contributed by atoms with Crippen LogP contribution in [-0.2, 0) is 16.0 Å². The highest BCUT2D eigenvalue weighted by Gasteiger charge is 2.23. The lowest BCUT2D eigenvalue weighted by atomic mass is 10.00. The van der Waals surface area contributed by atoms with E-state index in [0.717, 1.165) is 49.1 Å². The van der Waals surface area contributed by atoms with Crippen LogP contribution in [0.4, 0.5) is 5.69 Å². The molecule has 2 aromatic carbocycles. The van der Waals surface area contributed by atoms with Crippen molar-refractivity contribution in [2.24, 2.45) is 5.10 Å². The number of rotatable bonds is 10. The number of ether oxygens (including phenoxy) is 2. The molecule has 0 bridgehead atoms. The fraction of sp³-hybridized carbons (Fsp3) is 0.400. The first-order chi connectivity index (χ1) is 15.6. The van der Waals surface area contributed by atoms with E-state index < -0.39 is 0 Å². The van der Waals surface area contributed by atoms with Crippen molar-refractivity contribution < 1.29 is 19.1 Å². The molecule has 1 amide bonds. The number of unbranched alkanes of at least 4 members (excludes halogenated alkanes) is 1. The molecule has 3 rings (SSSR count). The van der Waals surface area contributed by atoms with E-state index in [9.17, 15) is 9.59 Å². The molecule has 1 aliphatic heterocycles. The minimum absolute atomic E-state index is 0.175. The summed E-state index contributed by atoms with van der Waals surface area (Å²) in [5, 5.41) is 7.12. The Labute approximate surface area is 189 Å². The average Bonchev–Trinajstić information content (AvgIpc) is 2.79. The number of fused-ring (bicyclic) bond motifs is 1. The summed E-state index contributed by atoms with van der Waals surface area (Å²) in [4.78, 5) is 24.3. The molecule has 2 N–H and O–H groups in total. The van der Waals surface area contributed by atoms with Crippen LogP contribution >= 0.6 is 0 Å². The number of aryl methyl sites for hydroxylation is 1. The van der Waals surface area contributed by atoms with Crippen LogP contribution in [0, 0.1) is 0 Å². The van der Waals surface area contributed by atoms with Crippen LogP contribution in [0.2, 0.25) is 0 Å². The van der Waals surface area contributed by atoms with Gasteiger partial charge < -0.3 is 20.2 Å². The molecular weight excluding hydrogens is 406 g/mol. The summed E-state index contributed by atoms with van der Waals surface area (Å²) >= 11 is 0. The van der Waals surface area contributed by atoms with Gasteiger partial charge in [0.05, 0.1) is 19.2 Å². The number of hydrogen-bond acceptors (Lipinski definition) is 6. The molecule has 2 aromatic rings. The molecule has 7 nitrogen and oxygen atoms in total. The van der Waals surface area contributed by atoms with E-state index in [1.54, 1.807) is 25.3 Å². The summed E-state index contributed by atoms with van der Waals surface area (Å²) < 4.78 is 10.9. The summed E-state index contributed by atoms with van der Waals surface area (Å²) in [7, 11) is 0. The molecule has 32 heavy (non-hydrogen) atoms. The first kappa shape index (κ1) is 23.3. The zero-order valence-electron chi connectivity index (χ0n) is 18.7. The lowest BCUT2D eigenvalue weighted by molar-refractivity contribution is -0.145. The van der Waals surface area contributed by atoms with Gasteiger partial charge in [-0.05, 0) is 67.6 Å². The summed E-state index contributed by atoms with van der Waals surface area (Å²) in [5.41, 5.74) is 6.24. The molecule has 0 saturated carbocycles. The van der Waals surface area contributed by atoms with Crippen molar-refractivity contribution in [1.29, 1.82) is 0 Å². The van der Waals surface area contributed by atoms with Crippen molar-refractivity contribution in [2.75, 3.05) is 18.5 Å². The molecule has 170 valence electrons. The van der Waals surface area contributed by atoms with Gasteiger partial charge in [0.25, 0.3) is 5.91 Å². The van der Waals surface area contributed by atoms with Crippen molar-refractivity contribution >= 4 is 23.8 Å². The zero-order valence-corrected chi connectivity index (χ0v) is 18.7. The third-order valence-corrected chi connectivity index (χ3v) is 5.17. The first-order valence-corrected chi connectivity index (χ1v) is 11.2. The van der Waals surface area contributed by atoms with Gasteiger partial charge in [-0.2, -0.15) is 5.10 Å². The second-order valence-electron chi connectivity index (χ2n) is 7.71. The number of carbonyl (C=O) groups is 2. The van der Waals surface area contributed by atoms with E-state index in [4.69, 9.17) is 9.47 Å². The Hall–Kier alpha value is -3.35. The predicted molar refractivity (Wildman–Crippen MR) is 125 cm³/mol. The smallest absolute Gasteiger partial charge is 0.309 e. The van der Waals surface area contributed by atoms with Gasteiger partial charge in [-0.1, -0.05) is 25.5 Å². The second-order valence-corrected chi connectivity index (χ2v) is 7.71. The Kier molecular flexibility index (Phi) is 8.66. The second kappa shape index (κ2) is 11.9. The maximum atomic E-state index is 12.6. The van der Waals surface area contributed by atoms with Crippen LogP contribution in [0.25, 0.3) is 0 Å². The number of nitrogens with one attached hydrogen (secondary N) is 2. The number of benzene rings is 2. The minimum atomic E-state index is -0.241. The average molecular weight is 438 g/mol. The van der Waals surface area contributed by atoms with Crippen LogP contribution in [0.15, 0.2) is 47.6 Å². The van der Waals surface area contributed by atoms with Gasteiger partial charge in [-0.3, -0.25) is 9.59 Å². The molecule has 0 aliphatic carbocycles. The number of amides is 1. The molecule has 0 fully saturated rings. The van der Waals surface area contributed by atoms with E-state index in [1.807, 2.05) is 30.3 Å². The fourth-order valence-electron chi connectivity index (χ4n) is 3.44. The highest BCUT2D eigenvalue weighted by Crippen LogP contribution is 2.31. The van der Waals surface area contributed by atoms with E-state index in [0.29, 0.717) is 17.9 Å². The molecule has 7 heteroatoms. The van der Waals surface area contributed by atoms with Gasteiger partial charge in [-0.15, -0.1) is 0 Å². The molecule has 1 atom stereocenters. The van der Waals surface area contributed by atoms with Crippen molar-refractivity contribution in [3.63, 3.8) is 0 Å². The fourth-order valence-corrected chi connectivity index (χ4v) is 3.44. The van der Waals surface area contributed by atoms with Gasteiger partial charge in [0.15, 0.2) is 0 Å². The summed E-state index contributed by atoms with van der Waals surface area (Å²) in [5.74, 6) is 0.334. The number of esters is 1. The van der Waals surface area contributed by atoms with E-state index >= 15 is 0 Å². The molecule has 1 aliphatic rings. The number of hydrazone groups is 1. The van der Waals surface area contributed by atoms with Crippen LogP contribution < -0.4 is 15.5 Å². The highest BCUT2D eigenvalue weighted by molar-refractivity contribution is 6.04. The molecule has 0 radical (unpaired) electrons. The number of hydrogen-bond donors (Lipinski definition) is 2. The number of anilines is 1. The lowest BCUT2D eigenvalue weighted by Crippen LogP contribution is -2.26. The van der Waals surface area contributed by atoms with E-state index in [1.165, 1.54) is 0 Å². The van der Waals surface area contributed by atoms with Crippen LogP contribution in [0.3, 0.4) is 0 Å². The quantitative estimate of drug-likeness (QED) is 0.250. The maximum Gasteiger partial charge on any atom is 0.309 e. The lowest BCUT2D eigenvalue weighted by Gasteiger charge is -2.26. The van der Waals surface area contributed by atoms with Gasteiger partial charge in [0.2, 0.25) is 0 Å². The number of nitrogens with zero attached hydrogens (tertiary/aromatic N) is 1. The third-order valence-electron chi connectivity index (χ3n) is 5.17. The molecule has 0 spiro atoms. The summed E-state index contributed by atoms with van der Waals surface area (Å²) in [6.07, 6.45) is 5.55. The highest BCUT2D eigenvalue weighted by atomic mass is 16.5. The minimum Gasteiger partial charge on any atom is -0.490 e. The van der Waals surface area contributed by atoms with Crippen LogP contribution in [0.1, 0.15) is 61.0 Å². The van der Waals surface area contributed by atoms with Crippen LogP contribution in [-0.4, -0.2) is 37.3 Å². The topological polar surface area (TPSA) is 89.0 Å². The largest absolute Gasteiger partial charge is 0.490 e. The maximum absolute atomic E-state index is 12.6. The van der Waals surface area contributed by atoms with Crippen molar-refractivity contribution in [3.8, 4) is 5.75 Å². The van der Waals surface area contributed by atoms with Gasteiger partial charge in [-0.25, -0.2) is 0 Å². The van der Waals surface area contributed by atoms with Gasteiger partial charge in [0, 0.05) is 17.8 Å².